The van der Waals surface area contributed by atoms with Crippen molar-refractivity contribution in [3.8, 4) is 11.8 Å². The third kappa shape index (κ3) is 0.501. The minimum atomic E-state index is -0.595. The van der Waals surface area contributed by atoms with Gasteiger partial charge < -0.3 is 10.2 Å². The monoisotopic (exact) mass is 117 g/mol. The number of rotatable bonds is 0. The fourth-order valence-electron chi connectivity index (χ4n) is 0.397. The Hall–Kier alpha value is -1.19. The summed E-state index contributed by atoms with van der Waals surface area (Å²) in [6.07, 6.45) is 0. The van der Waals surface area contributed by atoms with Crippen LogP contribution in [-0.2, 0) is 0 Å². The van der Waals surface area contributed by atoms with Crippen molar-refractivity contribution in [2.75, 3.05) is 0 Å². The first-order valence-electron chi connectivity index (χ1n) is 1.97. The summed E-state index contributed by atoms with van der Waals surface area (Å²) in [4.78, 5) is -0.222. The molecule has 1 aromatic heterocycles. The van der Waals surface area contributed by atoms with Crippen LogP contribution in [0.3, 0.4) is 0 Å². The molecular weight excluding hydrogens is 113 g/mol. The van der Waals surface area contributed by atoms with Gasteiger partial charge >= 0.3 is 0 Å². The van der Waals surface area contributed by atoms with Crippen LogP contribution >= 0.6 is 0 Å². The van der Waals surface area contributed by atoms with Gasteiger partial charge in [0.15, 0.2) is 0 Å². The van der Waals surface area contributed by atoms with Gasteiger partial charge in [0.2, 0.25) is 11.8 Å². The van der Waals surface area contributed by atoms with Gasteiger partial charge in [-0.2, -0.15) is 0 Å². The Bertz CT molecular complexity index is 176. The zero-order valence-corrected chi connectivity index (χ0v) is 3.87. The summed E-state index contributed by atoms with van der Waals surface area (Å²) in [6, 6.07) is 2.10. The normalized spacial score (nSPS) is 9.62. The Morgan fingerprint density at radius 3 is 1.75 bits per heavy atom. The highest BCUT2D eigenvalue weighted by Crippen LogP contribution is 2.19. The van der Waals surface area contributed by atoms with Crippen LogP contribution in [0, 0.1) is 0 Å². The van der Waals surface area contributed by atoms with Crippen molar-refractivity contribution >= 4 is 0 Å². The second-order valence-corrected chi connectivity index (χ2v) is 1.33. The summed E-state index contributed by atoms with van der Waals surface area (Å²) in [5, 5.41) is 16.7. The molecule has 1 rings (SSSR count). The Morgan fingerprint density at radius 2 is 1.62 bits per heavy atom. The van der Waals surface area contributed by atoms with E-state index in [1.807, 2.05) is 0 Å². The first-order valence-corrected chi connectivity index (χ1v) is 1.97. The molecule has 1 aromatic rings. The minimum absolute atomic E-state index is 0.222. The van der Waals surface area contributed by atoms with Crippen LogP contribution in [0.25, 0.3) is 0 Å². The zero-order valence-electron chi connectivity index (χ0n) is 3.87. The predicted octanol–water partition coefficient (Wildman–Crippen LogP) is 0.632. The van der Waals surface area contributed by atoms with E-state index in [0.29, 0.717) is 0 Å². The molecule has 8 heavy (non-hydrogen) atoms. The molecule has 4 heteroatoms. The fourth-order valence-corrected chi connectivity index (χ4v) is 0.397. The molecule has 0 radical (unpaired) electrons. The average molecular weight is 117 g/mol. The second-order valence-electron chi connectivity index (χ2n) is 1.33. The molecule has 0 amide bonds. The maximum atomic E-state index is 11.9. The average Bonchev–Trinajstić information content (AvgIpc) is 1.98. The van der Waals surface area contributed by atoms with E-state index in [-0.39, 0.29) is 4.79 Å². The van der Waals surface area contributed by atoms with E-state index in [4.69, 9.17) is 10.2 Å². The van der Waals surface area contributed by atoms with E-state index in [9.17, 15) is 4.48 Å². The molecule has 0 aliphatic heterocycles. The third-order valence-corrected chi connectivity index (χ3v) is 0.784. The topological polar surface area (TPSA) is 45.4 Å². The largest absolute Gasteiger partial charge is 0.493 e. The van der Waals surface area contributed by atoms with Gasteiger partial charge in [-0.3, -0.25) is 0 Å². The number of hydrogen-bond donors (Lipinski definition) is 2. The lowest BCUT2D eigenvalue weighted by Crippen LogP contribution is -1.75. The first-order chi connectivity index (χ1) is 3.72. The van der Waals surface area contributed by atoms with Crippen LogP contribution in [0.15, 0.2) is 12.1 Å². The summed E-state index contributed by atoms with van der Waals surface area (Å²) in [5.74, 6) is -1.19. The standard InChI is InChI=1S/C4H4FNO2/c5-6-3(7)1-2-4(6)8/h1-2,7-8H. The Morgan fingerprint density at radius 1 is 1.25 bits per heavy atom. The molecule has 44 valence electrons. The third-order valence-electron chi connectivity index (χ3n) is 0.784. The van der Waals surface area contributed by atoms with E-state index in [2.05, 4.69) is 0 Å². The molecule has 0 saturated heterocycles. The minimum Gasteiger partial charge on any atom is -0.493 e. The first kappa shape index (κ1) is 4.96. The number of halogens is 1. The number of hydrogen-bond acceptors (Lipinski definition) is 2. The fraction of sp³-hybridized carbons (Fsp3) is 0. The van der Waals surface area contributed by atoms with Crippen LogP contribution in [0.5, 0.6) is 11.8 Å². The highest BCUT2D eigenvalue weighted by molar-refractivity contribution is 5.21. The van der Waals surface area contributed by atoms with E-state index >= 15 is 0 Å². The lowest BCUT2D eigenvalue weighted by Gasteiger charge is -1.87. The van der Waals surface area contributed by atoms with Gasteiger partial charge in [0.25, 0.3) is 0 Å². The molecule has 0 saturated carbocycles. The lowest BCUT2D eigenvalue weighted by atomic mass is 10.6. The van der Waals surface area contributed by atoms with Gasteiger partial charge in [0.1, 0.15) is 0 Å². The van der Waals surface area contributed by atoms with Crippen LogP contribution in [0.2, 0.25) is 0 Å². The SMILES string of the molecule is Oc1ccc(O)n1F. The summed E-state index contributed by atoms with van der Waals surface area (Å²) < 4.78 is 11.9. The summed E-state index contributed by atoms with van der Waals surface area (Å²) in [6.45, 7) is 0. The number of nitrogens with zero attached hydrogens (tertiary/aromatic N) is 1. The van der Waals surface area contributed by atoms with Crippen molar-refractivity contribution in [2.24, 2.45) is 0 Å². The van der Waals surface area contributed by atoms with Crippen molar-refractivity contribution in [1.82, 2.24) is 4.79 Å². The molecule has 0 unspecified atom stereocenters. The van der Waals surface area contributed by atoms with Gasteiger partial charge in [-0.25, -0.2) is 0 Å². The molecule has 0 spiro atoms. The molecular formula is C4H4FNO2. The van der Waals surface area contributed by atoms with Crippen LogP contribution in [0.1, 0.15) is 0 Å². The zero-order chi connectivity index (χ0) is 6.15. The summed E-state index contributed by atoms with van der Waals surface area (Å²) in [5.41, 5.74) is 0. The lowest BCUT2D eigenvalue weighted by molar-refractivity contribution is 0.250. The smallest absolute Gasteiger partial charge is 0.224 e. The maximum absolute atomic E-state index is 11.9. The van der Waals surface area contributed by atoms with Crippen molar-refractivity contribution < 1.29 is 14.7 Å². The van der Waals surface area contributed by atoms with E-state index in [1.165, 1.54) is 0 Å². The maximum Gasteiger partial charge on any atom is 0.224 e. The van der Waals surface area contributed by atoms with Crippen LogP contribution in [0.4, 0.5) is 4.48 Å². The van der Waals surface area contributed by atoms with E-state index in [1.54, 1.807) is 0 Å². The van der Waals surface area contributed by atoms with Gasteiger partial charge in [-0.1, -0.05) is 4.48 Å². The Balaban J connectivity index is 3.19. The Labute approximate surface area is 44.5 Å². The van der Waals surface area contributed by atoms with E-state index in [0.717, 1.165) is 12.1 Å². The van der Waals surface area contributed by atoms with Gasteiger partial charge in [0.05, 0.1) is 0 Å². The summed E-state index contributed by atoms with van der Waals surface area (Å²) in [7, 11) is 0. The van der Waals surface area contributed by atoms with Gasteiger partial charge in [0, 0.05) is 12.1 Å². The number of aromatic hydroxyl groups is 2. The molecule has 2 N–H and O–H groups in total. The van der Waals surface area contributed by atoms with Crippen molar-refractivity contribution in [3.05, 3.63) is 12.1 Å². The highest BCUT2D eigenvalue weighted by Gasteiger charge is 2.01. The summed E-state index contributed by atoms with van der Waals surface area (Å²) >= 11 is 0. The molecule has 1 heterocycles. The molecule has 0 bridgehead atoms. The van der Waals surface area contributed by atoms with Gasteiger partial charge in [-0.05, 0) is 0 Å². The second kappa shape index (κ2) is 1.40. The molecule has 3 nitrogen and oxygen atoms in total. The molecule has 0 aromatic carbocycles. The number of aromatic nitrogens is 1. The predicted molar refractivity (Wildman–Crippen MR) is 24.3 cm³/mol. The highest BCUT2D eigenvalue weighted by atomic mass is 19.2. The molecule has 0 atom stereocenters. The van der Waals surface area contributed by atoms with Crippen molar-refractivity contribution in [3.63, 3.8) is 0 Å². The molecule has 0 fully saturated rings. The van der Waals surface area contributed by atoms with Crippen LogP contribution < -0.4 is 0 Å². The molecule has 0 aliphatic rings. The Kier molecular flexibility index (Phi) is 0.865. The van der Waals surface area contributed by atoms with Gasteiger partial charge in [-0.15, -0.1) is 4.79 Å². The van der Waals surface area contributed by atoms with Crippen molar-refractivity contribution in [1.29, 1.82) is 0 Å². The quantitative estimate of drug-likeness (QED) is 0.523. The van der Waals surface area contributed by atoms with Crippen molar-refractivity contribution in [2.45, 2.75) is 0 Å². The van der Waals surface area contributed by atoms with Crippen LogP contribution in [-0.4, -0.2) is 15.0 Å². The molecule has 0 aliphatic carbocycles. The van der Waals surface area contributed by atoms with E-state index < -0.39 is 11.8 Å².